The van der Waals surface area contributed by atoms with Crippen molar-refractivity contribution < 1.29 is 22.3 Å². The lowest BCUT2D eigenvalue weighted by Gasteiger charge is -2.35. The van der Waals surface area contributed by atoms with E-state index in [9.17, 15) is 17.6 Å². The van der Waals surface area contributed by atoms with Crippen molar-refractivity contribution in [3.05, 3.63) is 0 Å². The SMILES string of the molecule is CC1CCC(OC(C)(F)C(F)(F)F)C1(C)C. The van der Waals surface area contributed by atoms with Crippen molar-refractivity contribution in [3.63, 3.8) is 0 Å². The second-order valence-corrected chi connectivity index (χ2v) is 5.32. The van der Waals surface area contributed by atoms with Gasteiger partial charge in [-0.05, 0) is 24.2 Å². The average molecular weight is 242 g/mol. The molecule has 1 aliphatic carbocycles. The molecule has 0 saturated heterocycles. The first-order valence-corrected chi connectivity index (χ1v) is 5.42. The smallest absolute Gasteiger partial charge is 0.335 e. The molecule has 1 aliphatic rings. The van der Waals surface area contributed by atoms with E-state index in [1.807, 2.05) is 20.8 Å². The molecule has 1 rings (SSSR count). The minimum absolute atomic E-state index is 0.238. The fourth-order valence-electron chi connectivity index (χ4n) is 2.01. The zero-order valence-electron chi connectivity index (χ0n) is 9.99. The van der Waals surface area contributed by atoms with Gasteiger partial charge in [0.15, 0.2) is 0 Å². The van der Waals surface area contributed by atoms with Crippen molar-refractivity contribution in [1.29, 1.82) is 0 Å². The Morgan fingerprint density at radius 3 is 1.94 bits per heavy atom. The molecular weight excluding hydrogens is 224 g/mol. The lowest BCUT2D eigenvalue weighted by molar-refractivity contribution is -0.343. The lowest BCUT2D eigenvalue weighted by atomic mass is 9.81. The summed E-state index contributed by atoms with van der Waals surface area (Å²) in [6, 6.07) is 0. The highest BCUT2D eigenvalue weighted by Crippen LogP contribution is 2.47. The highest BCUT2D eigenvalue weighted by molar-refractivity contribution is 4.92. The molecule has 0 aromatic carbocycles. The van der Waals surface area contributed by atoms with Crippen molar-refractivity contribution in [2.45, 2.75) is 58.7 Å². The lowest BCUT2D eigenvalue weighted by Crippen LogP contribution is -2.46. The summed E-state index contributed by atoms with van der Waals surface area (Å²) in [7, 11) is 0. The summed E-state index contributed by atoms with van der Waals surface area (Å²) < 4.78 is 55.0. The van der Waals surface area contributed by atoms with E-state index in [-0.39, 0.29) is 5.92 Å². The van der Waals surface area contributed by atoms with Crippen molar-refractivity contribution >= 4 is 0 Å². The molecule has 0 aliphatic heterocycles. The fraction of sp³-hybridized carbons (Fsp3) is 1.00. The Balaban J connectivity index is 2.76. The van der Waals surface area contributed by atoms with Crippen LogP contribution in [0, 0.1) is 11.3 Å². The van der Waals surface area contributed by atoms with Crippen LogP contribution in [0.15, 0.2) is 0 Å². The predicted octanol–water partition coefficient (Wildman–Crippen LogP) is 4.08. The Morgan fingerprint density at radius 1 is 1.12 bits per heavy atom. The predicted molar refractivity (Wildman–Crippen MR) is 52.6 cm³/mol. The first-order chi connectivity index (χ1) is 6.98. The highest BCUT2D eigenvalue weighted by atomic mass is 19.4. The second-order valence-electron chi connectivity index (χ2n) is 5.32. The summed E-state index contributed by atoms with van der Waals surface area (Å²) >= 11 is 0. The van der Waals surface area contributed by atoms with Crippen LogP contribution in [0.5, 0.6) is 0 Å². The molecule has 0 aromatic rings. The van der Waals surface area contributed by atoms with Gasteiger partial charge in [-0.1, -0.05) is 20.8 Å². The van der Waals surface area contributed by atoms with Gasteiger partial charge in [0, 0.05) is 6.92 Å². The van der Waals surface area contributed by atoms with E-state index < -0.39 is 23.6 Å². The van der Waals surface area contributed by atoms with E-state index in [0.29, 0.717) is 13.3 Å². The molecule has 0 amide bonds. The van der Waals surface area contributed by atoms with Gasteiger partial charge >= 0.3 is 12.0 Å². The minimum Gasteiger partial charge on any atom is -0.335 e. The summed E-state index contributed by atoms with van der Waals surface area (Å²) in [5, 5.41) is 0. The average Bonchev–Trinajstić information content (AvgIpc) is 2.29. The molecule has 1 nitrogen and oxygen atoms in total. The van der Waals surface area contributed by atoms with Crippen LogP contribution in [0.1, 0.15) is 40.5 Å². The minimum atomic E-state index is -4.98. The van der Waals surface area contributed by atoms with Crippen LogP contribution in [0.25, 0.3) is 0 Å². The maximum atomic E-state index is 13.4. The van der Waals surface area contributed by atoms with Crippen LogP contribution in [-0.4, -0.2) is 18.1 Å². The van der Waals surface area contributed by atoms with Crippen LogP contribution >= 0.6 is 0 Å². The largest absolute Gasteiger partial charge is 0.448 e. The quantitative estimate of drug-likeness (QED) is 0.663. The number of rotatable bonds is 2. The summed E-state index contributed by atoms with van der Waals surface area (Å²) in [6.07, 6.45) is -4.41. The Hall–Kier alpha value is -0.320. The topological polar surface area (TPSA) is 9.23 Å². The number of ether oxygens (including phenoxy) is 1. The van der Waals surface area contributed by atoms with E-state index in [0.717, 1.165) is 6.42 Å². The van der Waals surface area contributed by atoms with Gasteiger partial charge in [0.2, 0.25) is 0 Å². The third kappa shape index (κ3) is 2.34. The van der Waals surface area contributed by atoms with Crippen LogP contribution in [0.3, 0.4) is 0 Å². The molecule has 0 bridgehead atoms. The first-order valence-electron chi connectivity index (χ1n) is 5.42. The Bertz CT molecular complexity index is 257. The first kappa shape index (κ1) is 13.7. The summed E-state index contributed by atoms with van der Waals surface area (Å²) in [5.41, 5.74) is -0.418. The number of halogens is 4. The number of hydrogen-bond donors (Lipinski definition) is 0. The summed E-state index contributed by atoms with van der Waals surface area (Å²) in [6.45, 7) is 6.03. The van der Waals surface area contributed by atoms with Crippen LogP contribution in [-0.2, 0) is 4.74 Å². The van der Waals surface area contributed by atoms with Crippen molar-refractivity contribution in [2.24, 2.45) is 11.3 Å². The normalized spacial score (nSPS) is 33.8. The fourth-order valence-corrected chi connectivity index (χ4v) is 2.01. The van der Waals surface area contributed by atoms with Gasteiger partial charge in [0.1, 0.15) is 0 Å². The zero-order valence-corrected chi connectivity index (χ0v) is 9.99. The van der Waals surface area contributed by atoms with Crippen LogP contribution < -0.4 is 0 Å². The monoisotopic (exact) mass is 242 g/mol. The van der Waals surface area contributed by atoms with E-state index in [2.05, 4.69) is 4.74 Å². The Morgan fingerprint density at radius 2 is 1.62 bits per heavy atom. The highest BCUT2D eigenvalue weighted by Gasteiger charge is 2.57. The van der Waals surface area contributed by atoms with E-state index in [1.165, 1.54) is 0 Å². The number of hydrogen-bond acceptors (Lipinski definition) is 1. The molecule has 0 radical (unpaired) electrons. The van der Waals surface area contributed by atoms with Gasteiger partial charge in [0.05, 0.1) is 6.10 Å². The summed E-state index contributed by atoms with van der Waals surface area (Å²) in [5.74, 6) is -3.32. The van der Waals surface area contributed by atoms with Crippen molar-refractivity contribution in [1.82, 2.24) is 0 Å². The molecule has 96 valence electrons. The van der Waals surface area contributed by atoms with Crippen LogP contribution in [0.2, 0.25) is 0 Å². The Labute approximate surface area is 93.2 Å². The van der Waals surface area contributed by atoms with Gasteiger partial charge in [-0.15, -0.1) is 0 Å². The maximum Gasteiger partial charge on any atom is 0.448 e. The molecule has 3 unspecified atom stereocenters. The van der Waals surface area contributed by atoms with E-state index >= 15 is 0 Å². The second kappa shape index (κ2) is 3.86. The molecule has 16 heavy (non-hydrogen) atoms. The molecule has 0 aromatic heterocycles. The molecule has 0 heterocycles. The van der Waals surface area contributed by atoms with Gasteiger partial charge in [-0.3, -0.25) is 0 Å². The van der Waals surface area contributed by atoms with Gasteiger partial charge in [0.25, 0.3) is 0 Å². The summed E-state index contributed by atoms with van der Waals surface area (Å²) in [4.78, 5) is 0. The van der Waals surface area contributed by atoms with E-state index in [4.69, 9.17) is 0 Å². The van der Waals surface area contributed by atoms with Crippen molar-refractivity contribution in [2.75, 3.05) is 0 Å². The molecule has 5 heteroatoms. The molecule has 0 N–H and O–H groups in total. The molecule has 1 fully saturated rings. The third-order valence-corrected chi connectivity index (χ3v) is 3.83. The zero-order chi connectivity index (χ0) is 12.8. The standard InChI is InChI=1S/C11H18F4O/c1-7-5-6-8(9(7,2)3)16-10(4,12)11(13,14)15/h7-8H,5-6H2,1-4H3. The van der Waals surface area contributed by atoms with E-state index in [1.54, 1.807) is 0 Å². The molecule has 0 spiro atoms. The van der Waals surface area contributed by atoms with Gasteiger partial charge in [-0.2, -0.15) is 13.2 Å². The molecule has 3 atom stereocenters. The maximum absolute atomic E-state index is 13.4. The number of alkyl halides is 4. The third-order valence-electron chi connectivity index (χ3n) is 3.83. The van der Waals surface area contributed by atoms with Crippen LogP contribution in [0.4, 0.5) is 17.6 Å². The van der Waals surface area contributed by atoms with Crippen molar-refractivity contribution in [3.8, 4) is 0 Å². The van der Waals surface area contributed by atoms with Gasteiger partial charge in [-0.25, -0.2) is 4.39 Å². The molecule has 1 saturated carbocycles. The Kier molecular flexibility index (Phi) is 3.32. The van der Waals surface area contributed by atoms with Gasteiger partial charge < -0.3 is 4.74 Å². The molecular formula is C11H18F4O.